The maximum absolute atomic E-state index is 15.3. The van der Waals surface area contributed by atoms with E-state index in [4.69, 9.17) is 53.6 Å². The van der Waals surface area contributed by atoms with Crippen LogP contribution in [0.3, 0.4) is 0 Å². The summed E-state index contributed by atoms with van der Waals surface area (Å²) in [6.07, 6.45) is -7.77. The van der Waals surface area contributed by atoms with Crippen LogP contribution in [0.15, 0.2) is 84.9 Å². The predicted octanol–water partition coefficient (Wildman–Crippen LogP) is 4.82. The minimum absolute atomic E-state index is 0.0165. The number of aliphatic hydroxyl groups is 3. The van der Waals surface area contributed by atoms with Crippen LogP contribution in [-0.4, -0.2) is 204 Å². The Balaban J connectivity index is 0.701. The second-order valence-corrected chi connectivity index (χ2v) is 28.7. The highest BCUT2D eigenvalue weighted by Crippen LogP contribution is 3.01. The molecule has 3 heterocycles. The highest BCUT2D eigenvalue weighted by molar-refractivity contribution is 6.20. The molecule has 3 saturated carbocycles. The summed E-state index contributed by atoms with van der Waals surface area (Å²) in [7, 11) is 3.02. The molecule has 0 bridgehead atoms. The first-order valence-corrected chi connectivity index (χ1v) is 35.5. The van der Waals surface area contributed by atoms with Crippen molar-refractivity contribution in [3.63, 3.8) is 0 Å². The minimum Gasteiger partial charge on any atom is -0.479 e. The Bertz CT molecular complexity index is 4150. The number of hydrogen-bond donors (Lipinski definition) is 11. The van der Waals surface area contributed by atoms with E-state index in [1.807, 2.05) is 36.4 Å². The van der Waals surface area contributed by atoms with Crippen molar-refractivity contribution in [2.45, 2.75) is 139 Å². The predicted molar refractivity (Wildman–Crippen MR) is 378 cm³/mol. The van der Waals surface area contributed by atoms with Crippen LogP contribution < -0.4 is 57.3 Å². The van der Waals surface area contributed by atoms with Gasteiger partial charge in [0.25, 0.3) is 0 Å². The zero-order valence-corrected chi connectivity index (χ0v) is 59.2. The number of primary amides is 1. The standard InChI is InChI=1S/C72H87Cl2N11O18/c1-37(2)55(81-61(91)47(78-38(3)86)17-10-11-23-75)62(92)80-48(18-12-24-77-67(76)97)60(90)79-42-21-19-39(20-22-42)33-100-68(98)82(4)25-26-83(5)69(99)102-52-28-50-54(46-16-9-7-14-44(46)52)41(30-74)32-85(50)66(96)71-34-70(35-72(70,71)36-71)65(95)84-31-40(29-73)53-45-15-8-6-13-43(45)51(27-49(53)84)101-64-58(89)56(87)57(88)59(103-64)63(93)94/h6-9,13-16,19-22,27-28,37,40-41,47-48,55-59,64,87-89H,10-12,17-18,23-26,29-36,75H2,1-5H3,(H,78,86)(H,79,90)(H,80,92)(H,81,91)(H,93,94)(H3,76,77,97)/t40-,41-,47+,48+,55+,56+,57+,58-,59+,64-,70?,71?,72?/m1/s1. The molecular formula is C72H87Cl2N11O18. The quantitative estimate of drug-likeness (QED) is 0.0226. The number of carboxylic acids is 1. The van der Waals surface area contributed by atoms with Gasteiger partial charge in [-0.2, -0.15) is 0 Å². The number of unbranched alkanes of at least 4 members (excludes halogenated alkanes) is 1. The lowest BCUT2D eigenvalue weighted by atomic mass is 9.72. The minimum atomic E-state index is -1.94. The van der Waals surface area contributed by atoms with Gasteiger partial charge in [0.1, 0.15) is 54.5 Å². The summed E-state index contributed by atoms with van der Waals surface area (Å²) in [6, 6.07) is 20.3. The number of anilines is 3. The Morgan fingerprint density at radius 3 is 1.75 bits per heavy atom. The van der Waals surface area contributed by atoms with E-state index < -0.39 is 119 Å². The van der Waals surface area contributed by atoms with Crippen LogP contribution in [0.1, 0.15) is 101 Å². The van der Waals surface area contributed by atoms with Crippen molar-refractivity contribution in [1.82, 2.24) is 31.1 Å². The van der Waals surface area contributed by atoms with Crippen molar-refractivity contribution < 1.29 is 87.3 Å². The number of fused-ring (bicyclic) bond motifs is 6. The largest absolute Gasteiger partial charge is 0.479 e. The van der Waals surface area contributed by atoms with E-state index in [0.717, 1.165) is 16.5 Å². The van der Waals surface area contributed by atoms with Crippen LogP contribution in [0, 0.1) is 22.2 Å². The molecule has 4 fully saturated rings. The molecule has 103 heavy (non-hydrogen) atoms. The number of carboxylic acid groups (broad SMARTS) is 1. The fraction of sp³-hybridized carbons (Fsp3) is 0.500. The van der Waals surface area contributed by atoms with E-state index in [1.165, 1.54) is 30.8 Å². The van der Waals surface area contributed by atoms with Crippen LogP contribution in [0.4, 0.5) is 31.4 Å². The summed E-state index contributed by atoms with van der Waals surface area (Å²) >= 11 is 13.4. The number of aliphatic carboxylic acids is 1. The highest BCUT2D eigenvalue weighted by atomic mass is 35.5. The maximum atomic E-state index is 15.3. The van der Waals surface area contributed by atoms with Gasteiger partial charge in [-0.25, -0.2) is 19.2 Å². The molecule has 10 amide bonds. The smallest absolute Gasteiger partial charge is 0.415 e. The third-order valence-corrected chi connectivity index (χ3v) is 21.8. The zero-order valence-electron chi connectivity index (χ0n) is 57.7. The second-order valence-electron chi connectivity index (χ2n) is 28.1. The number of carbonyl (C=O) groups is 10. The van der Waals surface area contributed by atoms with Gasteiger partial charge in [0, 0.05) is 111 Å². The molecule has 29 nitrogen and oxygen atoms in total. The number of likely N-dealkylation sites (N-methyl/N-ethyl adjacent to an activating group) is 2. The van der Waals surface area contributed by atoms with Crippen molar-refractivity contribution in [2.24, 2.45) is 33.6 Å². The normalized spacial score (nSPS) is 24.7. The van der Waals surface area contributed by atoms with Crippen molar-refractivity contribution >= 4 is 121 Å². The summed E-state index contributed by atoms with van der Waals surface area (Å²) in [5, 5.41) is 57.6. The van der Waals surface area contributed by atoms with E-state index in [1.54, 1.807) is 72.2 Å². The fourth-order valence-corrected chi connectivity index (χ4v) is 16.0. The topological polar surface area (TPSA) is 414 Å². The van der Waals surface area contributed by atoms with Gasteiger partial charge < -0.3 is 97.0 Å². The van der Waals surface area contributed by atoms with E-state index in [2.05, 4.69) is 26.6 Å². The fourth-order valence-electron chi connectivity index (χ4n) is 15.5. The lowest BCUT2D eigenvalue weighted by molar-refractivity contribution is -0.270. The average Bonchev–Trinajstić information content (AvgIpc) is 1.40. The Hall–Kier alpha value is -9.10. The number of benzene rings is 5. The molecule has 3 aliphatic heterocycles. The molecule has 1 saturated heterocycles. The summed E-state index contributed by atoms with van der Waals surface area (Å²) in [6.45, 7) is 5.58. The van der Waals surface area contributed by atoms with Gasteiger partial charge in [0.2, 0.25) is 41.7 Å². The van der Waals surface area contributed by atoms with Crippen molar-refractivity contribution in [2.75, 3.05) is 80.2 Å². The number of amides is 10. The van der Waals surface area contributed by atoms with Crippen LogP contribution >= 0.6 is 23.2 Å². The first-order chi connectivity index (χ1) is 49.1. The molecule has 11 rings (SSSR count). The van der Waals surface area contributed by atoms with Crippen molar-refractivity contribution in [3.8, 4) is 11.5 Å². The first-order valence-electron chi connectivity index (χ1n) is 34.4. The number of ether oxygens (including phenoxy) is 4. The number of hydrogen-bond acceptors (Lipinski definition) is 18. The summed E-state index contributed by atoms with van der Waals surface area (Å²) in [4.78, 5) is 140. The Labute approximate surface area is 603 Å². The van der Waals surface area contributed by atoms with Gasteiger partial charge in [0.15, 0.2) is 6.10 Å². The third-order valence-electron chi connectivity index (χ3n) is 21.1. The number of halogens is 2. The first kappa shape index (κ1) is 75.1. The monoisotopic (exact) mass is 1460 g/mol. The number of nitrogens with one attached hydrogen (secondary N) is 5. The van der Waals surface area contributed by atoms with Crippen molar-refractivity contribution in [3.05, 3.63) is 102 Å². The highest BCUT2D eigenvalue weighted by Gasteiger charge is 3.01. The van der Waals surface area contributed by atoms with Crippen LogP contribution in [0.5, 0.6) is 11.5 Å². The van der Waals surface area contributed by atoms with Crippen molar-refractivity contribution in [1.29, 1.82) is 0 Å². The van der Waals surface area contributed by atoms with E-state index in [9.17, 15) is 58.8 Å². The molecule has 13 N–H and O–H groups in total. The number of alkyl halides is 2. The Morgan fingerprint density at radius 1 is 0.670 bits per heavy atom. The number of aliphatic hydroxyl groups excluding tert-OH is 3. The average molecular weight is 1470 g/mol. The molecule has 0 radical (unpaired) electrons. The molecule has 3 unspecified atom stereocenters. The lowest BCUT2D eigenvalue weighted by Crippen LogP contribution is -2.61. The van der Waals surface area contributed by atoms with Crippen LogP contribution in [-0.2, 0) is 49.6 Å². The SMILES string of the molecule is CC(=O)N[C@@H](CCCCN)C(=O)N[C@H](C(=O)N[C@@H](CCCNC(N)=O)C(=O)Nc1ccc(COC(=O)N(C)CCN(C)C(=O)Oc2cc3c(c4ccccc24)[C@H](CCl)CN3C(=O)C23CC4(C(=O)N5C[C@@H](CCl)c6c5cc(O[C@@H]5O[C@H](C(=O)O)[C@@H](O)[C@H](O)[C@H]5O)c5ccccc65)CC24C3)cc1)C(C)C. The molecule has 31 heteroatoms. The molecule has 5 aromatic carbocycles. The van der Waals surface area contributed by atoms with Gasteiger partial charge in [-0.05, 0) is 103 Å². The summed E-state index contributed by atoms with van der Waals surface area (Å²) < 4.78 is 23.4. The van der Waals surface area contributed by atoms with E-state index >= 15 is 9.59 Å². The molecule has 13 atom stereocenters. The van der Waals surface area contributed by atoms with Gasteiger partial charge in [-0.3, -0.25) is 28.8 Å². The van der Waals surface area contributed by atoms with Crippen LogP contribution in [0.2, 0.25) is 0 Å². The maximum Gasteiger partial charge on any atom is 0.415 e. The molecule has 0 aromatic heterocycles. The number of carbonyl (C=O) groups excluding carboxylic acids is 9. The molecule has 1 spiro atoms. The van der Waals surface area contributed by atoms with E-state index in [0.29, 0.717) is 77.4 Å². The molecular weight excluding hydrogens is 1380 g/mol. The third kappa shape index (κ3) is 14.7. The van der Waals surface area contributed by atoms with Gasteiger partial charge in [0.05, 0.1) is 22.2 Å². The summed E-state index contributed by atoms with van der Waals surface area (Å²) in [5.74, 6) is -4.55. The van der Waals surface area contributed by atoms with Crippen LogP contribution in [0.25, 0.3) is 21.5 Å². The number of rotatable bonds is 29. The number of nitrogens with two attached hydrogens (primary N) is 2. The summed E-state index contributed by atoms with van der Waals surface area (Å²) in [5.41, 5.74) is 12.1. The molecule has 5 aromatic rings. The molecule has 552 valence electrons. The number of urea groups is 1. The van der Waals surface area contributed by atoms with Gasteiger partial charge >= 0.3 is 24.2 Å². The zero-order chi connectivity index (χ0) is 74.1. The molecule has 6 aliphatic rings. The second kappa shape index (κ2) is 30.7. The Morgan fingerprint density at radius 2 is 1.21 bits per heavy atom. The molecule has 3 aliphatic carbocycles. The lowest BCUT2D eigenvalue weighted by Gasteiger charge is -2.39. The van der Waals surface area contributed by atoms with Gasteiger partial charge in [-0.1, -0.05) is 74.5 Å². The Kier molecular flexibility index (Phi) is 22.4. The number of nitrogens with zero attached hydrogens (tertiary/aromatic N) is 4. The van der Waals surface area contributed by atoms with Gasteiger partial charge in [-0.15, -0.1) is 23.2 Å². The van der Waals surface area contributed by atoms with E-state index in [-0.39, 0.29) is 106 Å².